The molecule has 0 aliphatic carbocycles. The molecule has 3 aromatic carbocycles. The van der Waals surface area contributed by atoms with Crippen molar-refractivity contribution in [3.8, 4) is 102 Å². The van der Waals surface area contributed by atoms with E-state index < -0.39 is 106 Å². The van der Waals surface area contributed by atoms with Crippen LogP contribution in [0.15, 0.2) is 292 Å². The topological polar surface area (TPSA) is 278 Å². The summed E-state index contributed by atoms with van der Waals surface area (Å²) in [7, 11) is 0. The molecule has 0 fully saturated rings. The van der Waals surface area contributed by atoms with Crippen LogP contribution in [0.3, 0.4) is 0 Å². The third-order valence-electron chi connectivity index (χ3n) is 15.9. The number of pyridine rings is 9. The molecular weight excluding hydrogens is 2370 g/mol. The molecule has 0 amide bonds. The molecule has 0 saturated carbocycles. The Morgan fingerprint density at radius 1 is 0.193 bits per heavy atom. The van der Waals surface area contributed by atoms with E-state index in [1.165, 1.54) is 37.2 Å². The van der Waals surface area contributed by atoms with E-state index in [2.05, 4.69) is 124 Å². The zero-order valence-corrected chi connectivity index (χ0v) is 73.9. The molecule has 0 aliphatic rings. The summed E-state index contributed by atoms with van der Waals surface area (Å²) in [6.07, 6.45) is -13.2. The minimum absolute atomic E-state index is 0. The van der Waals surface area contributed by atoms with E-state index in [-0.39, 0.29) is 111 Å². The molecule has 0 atom stereocenters. The van der Waals surface area contributed by atoms with Gasteiger partial charge in [0.1, 0.15) is 34.2 Å². The van der Waals surface area contributed by atoms with Gasteiger partial charge in [-0.25, -0.2) is 0 Å². The largest absolute Gasteiger partial charge is 3.00 e. The maximum Gasteiger partial charge on any atom is 3.00 e. The number of aromatic nitrogens is 21. The van der Waals surface area contributed by atoms with Crippen LogP contribution in [0.25, 0.3) is 102 Å². The SMILES string of the molecule is FC(F)(F)c1cc(-c2ccccn2)[n-]n1.FC(F)(F)c1cc(-c2ccccn2)[n-]n1.FC(F)(F)c1cc(-c2ccccn2)[n-]n1.FC(F)(F)c1cc(-c2ccccn2)[n-]n1.FC(F)(F)c1cc(-c2ccccn2)[n-]n1.FC(F)(F)c1cc(-c2ccccn2)[n-]n1.Fc1c[c-]c(-c2ccccn2)c(F)c1.Fc1c[c-]c(-c2ccccn2)c(F)c1.Fc1c[c-]c(-c2ccccn2)c(F)c1.[Ir+3].[Ir+3].[Ir+3]. The van der Waals surface area contributed by atoms with Gasteiger partial charge < -0.3 is 76.1 Å². The zero-order valence-electron chi connectivity index (χ0n) is 66.7. The van der Waals surface area contributed by atoms with E-state index in [9.17, 15) is 105 Å². The van der Waals surface area contributed by atoms with Crippen LogP contribution in [-0.2, 0) is 97.4 Å². The Labute approximate surface area is 785 Å². The van der Waals surface area contributed by atoms with Crippen LogP contribution in [0.1, 0.15) is 34.2 Å². The van der Waals surface area contributed by atoms with Crippen LogP contribution in [0, 0.1) is 53.1 Å². The number of rotatable bonds is 9. The maximum absolute atomic E-state index is 13.2. The second kappa shape index (κ2) is 49.9. The van der Waals surface area contributed by atoms with E-state index >= 15 is 0 Å². The third-order valence-corrected chi connectivity index (χ3v) is 15.9. The average molecular weight is 2420 g/mol. The summed E-state index contributed by atoms with van der Waals surface area (Å²) in [5, 5.41) is 38.8. The summed E-state index contributed by atoms with van der Waals surface area (Å²) in [4.78, 5) is 35.1. The second-order valence-electron chi connectivity index (χ2n) is 25.2. The Bertz CT molecular complexity index is 5640. The number of hydrogen-bond acceptors (Lipinski definition) is 15. The van der Waals surface area contributed by atoms with Gasteiger partial charge in [-0.3, -0.25) is 56.2 Å². The molecule has 696 valence electrons. The second-order valence-corrected chi connectivity index (χ2v) is 25.2. The van der Waals surface area contributed by atoms with Gasteiger partial charge in [0.25, 0.3) is 0 Å². The normalized spacial score (nSPS) is 10.9. The van der Waals surface area contributed by atoms with Gasteiger partial charge in [-0.05, 0) is 144 Å². The van der Waals surface area contributed by atoms with Crippen LogP contribution in [0.4, 0.5) is 105 Å². The zero-order chi connectivity index (χ0) is 95.2. The van der Waals surface area contributed by atoms with Gasteiger partial charge in [0, 0.05) is 125 Å². The molecule has 135 heavy (non-hydrogen) atoms. The standard InChI is InChI=1S/3C11H6F2N.6C9H5F3N3.3Ir/c3*12-8-4-5-9(10(13)7-8)11-3-1-2-6-14-11;6*10-9(11,12)8-5-7(14-15-8)6-3-1-2-4-13-6;;;/h3*1-4,6-7H;6*1-5H;;;/q9*-1;3*+3. The molecule has 18 rings (SSSR count). The molecule has 0 bridgehead atoms. The first kappa shape index (κ1) is 108. The van der Waals surface area contributed by atoms with Crippen LogP contribution >= 0.6 is 0 Å². The van der Waals surface area contributed by atoms with Crippen molar-refractivity contribution in [3.63, 3.8) is 0 Å². The van der Waals surface area contributed by atoms with Crippen molar-refractivity contribution < 1.29 is 166 Å². The van der Waals surface area contributed by atoms with E-state index in [0.717, 1.165) is 72.8 Å². The van der Waals surface area contributed by atoms with Crippen LogP contribution in [0.5, 0.6) is 0 Å². The van der Waals surface area contributed by atoms with Crippen molar-refractivity contribution in [3.05, 3.63) is 380 Å². The van der Waals surface area contributed by atoms with Gasteiger partial charge in [0.05, 0.1) is 0 Å². The van der Waals surface area contributed by atoms with Gasteiger partial charge >= 0.3 is 97.4 Å². The first-order valence-corrected chi connectivity index (χ1v) is 36.5. The third kappa shape index (κ3) is 33.3. The summed E-state index contributed by atoms with van der Waals surface area (Å²) >= 11 is 0. The maximum atomic E-state index is 13.2. The molecule has 15 heterocycles. The van der Waals surface area contributed by atoms with Gasteiger partial charge in [0.15, 0.2) is 0 Å². The molecule has 48 heteroatoms. The number of halogens is 24. The van der Waals surface area contributed by atoms with Crippen molar-refractivity contribution in [1.29, 1.82) is 0 Å². The predicted octanol–water partition coefficient (Wildman–Crippen LogP) is 21.2. The number of alkyl halides is 18. The molecule has 0 spiro atoms. The van der Waals surface area contributed by atoms with E-state index in [4.69, 9.17) is 0 Å². The van der Waals surface area contributed by atoms with Gasteiger partial charge in [0.2, 0.25) is 0 Å². The summed E-state index contributed by atoms with van der Waals surface area (Å²) in [5.41, 5.74) is -1.06. The molecule has 0 aliphatic heterocycles. The molecule has 15 aromatic heterocycles. The van der Waals surface area contributed by atoms with Crippen molar-refractivity contribution in [2.24, 2.45) is 0 Å². The Morgan fingerprint density at radius 3 is 0.444 bits per heavy atom. The molecule has 0 radical (unpaired) electrons. The Kier molecular flexibility index (Phi) is 39.7. The fraction of sp³-hybridized carbons (Fsp3) is 0.0690. The van der Waals surface area contributed by atoms with Crippen LogP contribution in [-0.4, -0.2) is 75.4 Å². The molecule has 0 unspecified atom stereocenters. The minimum Gasteiger partial charge on any atom is -0.573 e. The first-order valence-electron chi connectivity index (χ1n) is 36.5. The van der Waals surface area contributed by atoms with Gasteiger partial charge in [-0.15, -0.1) is 36.4 Å². The Morgan fingerprint density at radius 2 is 0.333 bits per heavy atom. The summed E-state index contributed by atoms with van der Waals surface area (Å²) < 4.78 is 297. The van der Waals surface area contributed by atoms with Gasteiger partial charge in [-0.1, -0.05) is 142 Å². The monoisotopic (exact) mass is 2420 g/mol. The van der Waals surface area contributed by atoms with Gasteiger partial charge in [-0.2, -0.15) is 79.0 Å². The van der Waals surface area contributed by atoms with E-state index in [0.29, 0.717) is 51.2 Å². The van der Waals surface area contributed by atoms with Crippen molar-refractivity contribution in [2.75, 3.05) is 0 Å². The fourth-order valence-electron chi connectivity index (χ4n) is 9.89. The quantitative estimate of drug-likeness (QED) is 0.0958. The molecule has 0 N–H and O–H groups in total. The molecular formula is C87H48F24Ir3N21. The number of hydrogen-bond donors (Lipinski definition) is 0. The van der Waals surface area contributed by atoms with E-state index in [1.807, 2.05) is 0 Å². The predicted molar refractivity (Wildman–Crippen MR) is 420 cm³/mol. The molecule has 18 aromatic rings. The van der Waals surface area contributed by atoms with E-state index in [1.54, 1.807) is 182 Å². The Hall–Kier alpha value is -14.5. The molecule has 0 saturated heterocycles. The first-order chi connectivity index (χ1) is 62.7. The fourth-order valence-corrected chi connectivity index (χ4v) is 9.89. The number of nitrogens with zero attached hydrogens (tertiary/aromatic N) is 21. The van der Waals surface area contributed by atoms with Crippen molar-refractivity contribution in [2.45, 2.75) is 37.1 Å². The summed E-state index contributed by atoms with van der Waals surface area (Å²) in [5.74, 6) is -3.86. The molecule has 21 nitrogen and oxygen atoms in total. The van der Waals surface area contributed by atoms with Crippen LogP contribution < -0.4 is 30.6 Å². The summed E-state index contributed by atoms with van der Waals surface area (Å²) in [6, 6.07) is 63.3. The summed E-state index contributed by atoms with van der Waals surface area (Å²) in [6.45, 7) is 0. The van der Waals surface area contributed by atoms with Crippen LogP contribution in [0.2, 0.25) is 0 Å². The smallest absolute Gasteiger partial charge is 0.573 e. The minimum atomic E-state index is -4.46. The van der Waals surface area contributed by atoms with Crippen molar-refractivity contribution in [1.82, 2.24) is 106 Å². The average Bonchev–Trinajstić information content (AvgIpc) is 1.83. The number of benzene rings is 3. The Balaban J connectivity index is 0.000000207. The van der Waals surface area contributed by atoms with Crippen molar-refractivity contribution >= 4 is 0 Å².